The number of fused-ring (bicyclic) bond motifs is 1. The fourth-order valence-corrected chi connectivity index (χ4v) is 4.17. The molecule has 4 rings (SSSR count). The zero-order valence-corrected chi connectivity index (χ0v) is 15.5. The molecule has 2 nitrogen and oxygen atoms in total. The van der Waals surface area contributed by atoms with Gasteiger partial charge in [0.15, 0.2) is 11.6 Å². The molecule has 3 aromatic rings. The van der Waals surface area contributed by atoms with Crippen LogP contribution in [0.25, 0.3) is 0 Å². The van der Waals surface area contributed by atoms with E-state index in [1.807, 2.05) is 24.4 Å². The van der Waals surface area contributed by atoms with Gasteiger partial charge in [0.25, 0.3) is 0 Å². The third-order valence-electron chi connectivity index (χ3n) is 5.50. The van der Waals surface area contributed by atoms with E-state index >= 15 is 0 Å². The Labute approximate surface area is 159 Å². The van der Waals surface area contributed by atoms with Crippen LogP contribution in [0, 0.1) is 11.6 Å². The van der Waals surface area contributed by atoms with Crippen molar-refractivity contribution in [2.75, 3.05) is 6.54 Å². The third-order valence-corrected chi connectivity index (χ3v) is 5.50. The van der Waals surface area contributed by atoms with Crippen molar-refractivity contribution >= 4 is 0 Å². The van der Waals surface area contributed by atoms with Crippen molar-refractivity contribution in [3.05, 3.63) is 94.8 Å². The third kappa shape index (κ3) is 3.42. The molecule has 0 aliphatic carbocycles. The van der Waals surface area contributed by atoms with Crippen molar-refractivity contribution in [3.63, 3.8) is 0 Å². The zero-order valence-electron chi connectivity index (χ0n) is 15.5. The largest absolute Gasteiger partial charge is 0.350 e. The number of rotatable bonds is 4. The molecule has 0 amide bonds. The summed E-state index contributed by atoms with van der Waals surface area (Å²) in [4.78, 5) is 2.28. The Morgan fingerprint density at radius 3 is 2.56 bits per heavy atom. The fraction of sp³-hybridized carbons (Fsp3) is 0.304. The predicted octanol–water partition coefficient (Wildman–Crippen LogP) is 5.32. The monoisotopic (exact) mass is 366 g/mol. The minimum absolute atomic E-state index is 0.303. The van der Waals surface area contributed by atoms with Crippen LogP contribution in [-0.2, 0) is 19.5 Å². The Morgan fingerprint density at radius 1 is 0.926 bits per heavy atom. The fourth-order valence-electron chi connectivity index (χ4n) is 4.17. The average Bonchev–Trinajstić information content (AvgIpc) is 3.07. The second-order valence-electron chi connectivity index (χ2n) is 7.12. The molecule has 4 heteroatoms. The van der Waals surface area contributed by atoms with E-state index in [1.54, 1.807) is 12.1 Å². The lowest BCUT2D eigenvalue weighted by molar-refractivity contribution is 0.215. The van der Waals surface area contributed by atoms with Crippen molar-refractivity contribution in [1.82, 2.24) is 9.47 Å². The molecule has 0 bridgehead atoms. The smallest absolute Gasteiger partial charge is 0.163 e. The van der Waals surface area contributed by atoms with Gasteiger partial charge in [-0.15, -0.1) is 0 Å². The Kier molecular flexibility index (Phi) is 5.08. The molecule has 27 heavy (non-hydrogen) atoms. The van der Waals surface area contributed by atoms with Crippen LogP contribution in [-0.4, -0.2) is 16.0 Å². The van der Waals surface area contributed by atoms with E-state index in [0.29, 0.717) is 5.56 Å². The lowest BCUT2D eigenvalue weighted by atomic mass is 9.98. The van der Waals surface area contributed by atoms with Crippen molar-refractivity contribution in [3.8, 4) is 0 Å². The van der Waals surface area contributed by atoms with Gasteiger partial charge >= 0.3 is 0 Å². The minimum Gasteiger partial charge on any atom is -0.350 e. The quantitative estimate of drug-likeness (QED) is 0.606. The number of aromatic nitrogens is 1. The predicted molar refractivity (Wildman–Crippen MR) is 103 cm³/mol. The lowest BCUT2D eigenvalue weighted by Crippen LogP contribution is -2.30. The molecule has 0 fully saturated rings. The van der Waals surface area contributed by atoms with E-state index in [9.17, 15) is 8.78 Å². The molecule has 0 N–H and O–H groups in total. The Bertz CT molecular complexity index is 932. The number of halogens is 2. The van der Waals surface area contributed by atoms with E-state index in [4.69, 9.17) is 0 Å². The van der Waals surface area contributed by atoms with Crippen LogP contribution >= 0.6 is 0 Å². The van der Waals surface area contributed by atoms with Crippen LogP contribution in [0.5, 0.6) is 0 Å². The van der Waals surface area contributed by atoms with Crippen molar-refractivity contribution in [2.45, 2.75) is 38.9 Å². The Hall–Kier alpha value is -2.46. The number of aryl methyl sites for hydroxylation is 2. The molecule has 0 saturated heterocycles. The zero-order chi connectivity index (χ0) is 18.8. The number of benzene rings is 2. The van der Waals surface area contributed by atoms with Crippen LogP contribution in [0.4, 0.5) is 8.78 Å². The first kappa shape index (κ1) is 17.9. The highest BCUT2D eigenvalue weighted by Crippen LogP contribution is 2.35. The second-order valence-corrected chi connectivity index (χ2v) is 7.12. The summed E-state index contributed by atoms with van der Waals surface area (Å²) in [5.41, 5.74) is 3.98. The SMILES string of the molecule is CCc1ccccc1CN1CCCn2cccc2[C@@H]1c1cccc(F)c1F. The molecule has 140 valence electrons. The van der Waals surface area contributed by atoms with Gasteiger partial charge in [0.05, 0.1) is 6.04 Å². The van der Waals surface area contributed by atoms with Gasteiger partial charge in [0.1, 0.15) is 0 Å². The summed E-state index contributed by atoms with van der Waals surface area (Å²) in [5, 5.41) is 0. The molecule has 0 unspecified atom stereocenters. The van der Waals surface area contributed by atoms with Gasteiger partial charge in [-0.2, -0.15) is 0 Å². The summed E-state index contributed by atoms with van der Waals surface area (Å²) >= 11 is 0. The molecule has 0 saturated carbocycles. The van der Waals surface area contributed by atoms with Gasteiger partial charge in [-0.05, 0) is 42.2 Å². The van der Waals surface area contributed by atoms with E-state index in [0.717, 1.165) is 38.2 Å². The van der Waals surface area contributed by atoms with Crippen LogP contribution in [0.1, 0.15) is 41.8 Å². The molecular formula is C23H24F2N2. The van der Waals surface area contributed by atoms with Gasteiger partial charge in [-0.25, -0.2) is 8.78 Å². The second kappa shape index (κ2) is 7.65. The lowest BCUT2D eigenvalue weighted by Gasteiger charge is -2.31. The standard InChI is InChI=1S/C23H24F2N2/c1-2-17-8-3-4-9-18(17)16-27-15-7-14-26-13-6-12-21(26)23(27)19-10-5-11-20(24)22(19)25/h3-6,8-13,23H,2,7,14-16H2,1H3/t23-/m0/s1. The average molecular weight is 366 g/mol. The van der Waals surface area contributed by atoms with Crippen molar-refractivity contribution in [1.29, 1.82) is 0 Å². The highest BCUT2D eigenvalue weighted by Gasteiger charge is 2.30. The number of nitrogens with zero attached hydrogens (tertiary/aromatic N) is 2. The Balaban J connectivity index is 1.80. The normalized spacial score (nSPS) is 17.5. The maximum Gasteiger partial charge on any atom is 0.163 e. The summed E-state index contributed by atoms with van der Waals surface area (Å²) in [6, 6.07) is 16.6. The first-order valence-electron chi connectivity index (χ1n) is 9.58. The topological polar surface area (TPSA) is 8.17 Å². The maximum atomic E-state index is 14.8. The van der Waals surface area contributed by atoms with Gasteiger partial charge in [0.2, 0.25) is 0 Å². The molecule has 1 aliphatic heterocycles. The molecule has 1 atom stereocenters. The van der Waals surface area contributed by atoms with E-state index in [1.165, 1.54) is 17.2 Å². The molecule has 1 aromatic heterocycles. The van der Waals surface area contributed by atoms with Gasteiger partial charge < -0.3 is 4.57 Å². The van der Waals surface area contributed by atoms with Gasteiger partial charge in [-0.3, -0.25) is 4.90 Å². The van der Waals surface area contributed by atoms with Crippen LogP contribution in [0.2, 0.25) is 0 Å². The van der Waals surface area contributed by atoms with E-state index < -0.39 is 11.6 Å². The Morgan fingerprint density at radius 2 is 1.74 bits per heavy atom. The van der Waals surface area contributed by atoms with Crippen molar-refractivity contribution in [2.24, 2.45) is 0 Å². The summed E-state index contributed by atoms with van der Waals surface area (Å²) in [6.45, 7) is 4.59. The van der Waals surface area contributed by atoms with Gasteiger partial charge in [-0.1, -0.05) is 43.3 Å². The van der Waals surface area contributed by atoms with Crippen LogP contribution in [0.3, 0.4) is 0 Å². The summed E-state index contributed by atoms with van der Waals surface area (Å²) in [7, 11) is 0. The molecule has 1 aliphatic rings. The molecule has 2 aromatic carbocycles. The molecule has 0 radical (unpaired) electrons. The first-order valence-corrected chi connectivity index (χ1v) is 9.58. The van der Waals surface area contributed by atoms with E-state index in [-0.39, 0.29) is 6.04 Å². The van der Waals surface area contributed by atoms with Crippen LogP contribution in [0.15, 0.2) is 60.8 Å². The summed E-state index contributed by atoms with van der Waals surface area (Å²) in [6.07, 6.45) is 3.96. The highest BCUT2D eigenvalue weighted by molar-refractivity contribution is 5.33. The van der Waals surface area contributed by atoms with E-state index in [2.05, 4.69) is 34.6 Å². The summed E-state index contributed by atoms with van der Waals surface area (Å²) in [5.74, 6) is -1.53. The number of hydrogen-bond donors (Lipinski definition) is 0. The highest BCUT2D eigenvalue weighted by atomic mass is 19.2. The molecule has 0 spiro atoms. The molecular weight excluding hydrogens is 342 g/mol. The molecule has 2 heterocycles. The van der Waals surface area contributed by atoms with Crippen molar-refractivity contribution < 1.29 is 8.78 Å². The van der Waals surface area contributed by atoms with Gasteiger partial charge in [0, 0.05) is 37.1 Å². The minimum atomic E-state index is -0.788. The summed E-state index contributed by atoms with van der Waals surface area (Å²) < 4.78 is 30.9. The number of hydrogen-bond acceptors (Lipinski definition) is 1. The van der Waals surface area contributed by atoms with Crippen LogP contribution < -0.4 is 0 Å². The maximum absolute atomic E-state index is 14.8. The first-order chi connectivity index (χ1) is 13.2.